The Morgan fingerprint density at radius 2 is 1.88 bits per heavy atom. The van der Waals surface area contributed by atoms with Gasteiger partial charge in [-0.25, -0.2) is 4.39 Å². The molecule has 1 saturated heterocycles. The summed E-state index contributed by atoms with van der Waals surface area (Å²) < 4.78 is 18.9. The Kier molecular flexibility index (Phi) is 5.39. The number of amides is 2. The molecule has 2 heterocycles. The van der Waals surface area contributed by atoms with Crippen LogP contribution in [0.1, 0.15) is 20.7 Å². The smallest absolute Gasteiger partial charge is 0.258 e. The van der Waals surface area contributed by atoms with Gasteiger partial charge in [-0.15, -0.1) is 0 Å². The molecule has 1 aliphatic rings. The van der Waals surface area contributed by atoms with Crippen LogP contribution in [0.2, 0.25) is 0 Å². The zero-order valence-corrected chi connectivity index (χ0v) is 13.7. The molecule has 2 aromatic rings. The fraction of sp³-hybridized carbons (Fsp3) is 0.353. The summed E-state index contributed by atoms with van der Waals surface area (Å²) in [5.41, 5.74) is 1.49. The maximum Gasteiger partial charge on any atom is 0.258 e. The third kappa shape index (κ3) is 4.21. The second kappa shape index (κ2) is 7.89. The summed E-state index contributed by atoms with van der Waals surface area (Å²) in [6.45, 7) is 1.85. The van der Waals surface area contributed by atoms with Crippen molar-refractivity contribution in [3.05, 3.63) is 47.8 Å². The van der Waals surface area contributed by atoms with Crippen LogP contribution < -0.4 is 5.32 Å². The molecular weight excluding hydrogens is 327 g/mol. The van der Waals surface area contributed by atoms with E-state index in [0.29, 0.717) is 43.1 Å². The Morgan fingerprint density at radius 3 is 2.56 bits per heavy atom. The summed E-state index contributed by atoms with van der Waals surface area (Å²) >= 11 is 0. The van der Waals surface area contributed by atoms with Crippen LogP contribution in [0.5, 0.6) is 0 Å². The highest BCUT2D eigenvalue weighted by atomic mass is 19.1. The van der Waals surface area contributed by atoms with Crippen LogP contribution in [0.25, 0.3) is 0 Å². The number of morpholine rings is 1. The molecule has 0 saturated carbocycles. The number of nitrogens with zero attached hydrogens (tertiary/aromatic N) is 3. The van der Waals surface area contributed by atoms with Gasteiger partial charge in [-0.2, -0.15) is 5.10 Å². The van der Waals surface area contributed by atoms with Crippen LogP contribution in [-0.2, 0) is 11.3 Å². The number of carbonyl (C=O) groups is 2. The lowest BCUT2D eigenvalue weighted by atomic mass is 10.1. The molecule has 8 heteroatoms. The number of nitrogens with one attached hydrogen (secondary N) is 1. The first-order chi connectivity index (χ1) is 12.2. The fourth-order valence-electron chi connectivity index (χ4n) is 2.54. The van der Waals surface area contributed by atoms with Gasteiger partial charge in [0.15, 0.2) is 0 Å². The molecule has 3 rings (SSSR count). The summed E-state index contributed by atoms with van der Waals surface area (Å²) in [5.74, 6) is -0.383. The monoisotopic (exact) mass is 346 g/mol. The van der Waals surface area contributed by atoms with E-state index in [1.54, 1.807) is 29.2 Å². The van der Waals surface area contributed by atoms with E-state index in [2.05, 4.69) is 10.4 Å². The summed E-state index contributed by atoms with van der Waals surface area (Å²) in [7, 11) is 0. The molecule has 2 amide bonds. The quantitative estimate of drug-likeness (QED) is 0.892. The van der Waals surface area contributed by atoms with E-state index in [1.165, 1.54) is 17.1 Å². The van der Waals surface area contributed by atoms with E-state index >= 15 is 0 Å². The summed E-state index contributed by atoms with van der Waals surface area (Å²) in [6, 6.07) is 6.72. The molecular formula is C17H19FN4O3. The average molecular weight is 346 g/mol. The predicted octanol–water partition coefficient (Wildman–Crippen LogP) is 1.58. The number of aryl methyl sites for hydroxylation is 1. The Balaban J connectivity index is 1.61. The van der Waals surface area contributed by atoms with Crippen molar-refractivity contribution < 1.29 is 18.7 Å². The van der Waals surface area contributed by atoms with Crippen LogP contribution >= 0.6 is 0 Å². The molecule has 1 fully saturated rings. The standard InChI is InChI=1S/C17H19FN4O3/c18-5-6-22-12-14(11-19-22)16(23)20-15-3-1-13(2-4-15)17(24)21-7-9-25-10-8-21/h1-4,11-12H,5-10H2,(H,20,23). The van der Waals surface area contributed by atoms with E-state index in [4.69, 9.17) is 4.74 Å². The van der Waals surface area contributed by atoms with Crippen LogP contribution in [0.15, 0.2) is 36.7 Å². The summed E-state index contributed by atoms with van der Waals surface area (Å²) in [5, 5.41) is 6.64. The van der Waals surface area contributed by atoms with Gasteiger partial charge in [0, 0.05) is 30.5 Å². The Hall–Kier alpha value is -2.74. The van der Waals surface area contributed by atoms with Crippen molar-refractivity contribution in [3.63, 3.8) is 0 Å². The van der Waals surface area contributed by atoms with E-state index in [0.717, 1.165) is 0 Å². The molecule has 1 aromatic heterocycles. The number of anilines is 1. The summed E-state index contributed by atoms with van der Waals surface area (Å²) in [4.78, 5) is 26.3. The second-order valence-corrected chi connectivity index (χ2v) is 5.62. The minimum Gasteiger partial charge on any atom is -0.378 e. The van der Waals surface area contributed by atoms with Crippen molar-refractivity contribution in [3.8, 4) is 0 Å². The van der Waals surface area contributed by atoms with Gasteiger partial charge in [0.2, 0.25) is 0 Å². The number of ether oxygens (including phenoxy) is 1. The first kappa shape index (κ1) is 17.1. The van der Waals surface area contributed by atoms with Crippen molar-refractivity contribution in [2.75, 3.05) is 38.3 Å². The van der Waals surface area contributed by atoms with Crippen molar-refractivity contribution in [2.45, 2.75) is 6.54 Å². The SMILES string of the molecule is O=C(Nc1ccc(C(=O)N2CCOCC2)cc1)c1cnn(CCF)c1. The number of rotatable bonds is 5. The maximum absolute atomic E-state index is 12.4. The molecule has 25 heavy (non-hydrogen) atoms. The molecule has 1 aromatic carbocycles. The van der Waals surface area contributed by atoms with Gasteiger partial charge >= 0.3 is 0 Å². The number of halogens is 1. The van der Waals surface area contributed by atoms with Crippen molar-refractivity contribution >= 4 is 17.5 Å². The van der Waals surface area contributed by atoms with Gasteiger partial charge in [0.1, 0.15) is 6.67 Å². The van der Waals surface area contributed by atoms with Gasteiger partial charge in [0.05, 0.1) is 31.5 Å². The maximum atomic E-state index is 12.4. The van der Waals surface area contributed by atoms with Gasteiger partial charge in [0.25, 0.3) is 11.8 Å². The van der Waals surface area contributed by atoms with E-state index < -0.39 is 6.67 Å². The Bertz CT molecular complexity index is 739. The van der Waals surface area contributed by atoms with Gasteiger partial charge in [-0.3, -0.25) is 14.3 Å². The zero-order chi connectivity index (χ0) is 17.6. The number of hydrogen-bond acceptors (Lipinski definition) is 4. The average Bonchev–Trinajstić information content (AvgIpc) is 3.12. The Morgan fingerprint density at radius 1 is 1.16 bits per heavy atom. The molecule has 7 nitrogen and oxygen atoms in total. The Labute approximate surface area is 144 Å². The van der Waals surface area contributed by atoms with E-state index in [9.17, 15) is 14.0 Å². The van der Waals surface area contributed by atoms with Crippen molar-refractivity contribution in [1.29, 1.82) is 0 Å². The van der Waals surface area contributed by atoms with E-state index in [-0.39, 0.29) is 18.4 Å². The molecule has 0 radical (unpaired) electrons. The lowest BCUT2D eigenvalue weighted by molar-refractivity contribution is 0.0303. The normalized spacial score (nSPS) is 14.4. The lowest BCUT2D eigenvalue weighted by Gasteiger charge is -2.26. The topological polar surface area (TPSA) is 76.5 Å². The molecule has 132 valence electrons. The van der Waals surface area contributed by atoms with Crippen LogP contribution in [0, 0.1) is 0 Å². The van der Waals surface area contributed by atoms with Crippen LogP contribution in [0.4, 0.5) is 10.1 Å². The number of hydrogen-bond donors (Lipinski definition) is 1. The number of carbonyl (C=O) groups excluding carboxylic acids is 2. The fourth-order valence-corrected chi connectivity index (χ4v) is 2.54. The van der Waals surface area contributed by atoms with E-state index in [1.807, 2.05) is 0 Å². The van der Waals surface area contributed by atoms with Crippen molar-refractivity contribution in [1.82, 2.24) is 14.7 Å². The highest BCUT2D eigenvalue weighted by molar-refractivity contribution is 6.04. The third-order valence-corrected chi connectivity index (χ3v) is 3.90. The number of benzene rings is 1. The van der Waals surface area contributed by atoms with Crippen LogP contribution in [-0.4, -0.2) is 59.5 Å². The molecule has 0 spiro atoms. The van der Waals surface area contributed by atoms with Gasteiger partial charge in [-0.1, -0.05) is 0 Å². The molecule has 0 bridgehead atoms. The zero-order valence-electron chi connectivity index (χ0n) is 13.7. The van der Waals surface area contributed by atoms with Crippen LogP contribution in [0.3, 0.4) is 0 Å². The molecule has 0 aliphatic carbocycles. The minimum atomic E-state index is -0.540. The summed E-state index contributed by atoms with van der Waals surface area (Å²) in [6.07, 6.45) is 2.88. The second-order valence-electron chi connectivity index (χ2n) is 5.62. The lowest BCUT2D eigenvalue weighted by Crippen LogP contribution is -2.40. The predicted molar refractivity (Wildman–Crippen MR) is 89.3 cm³/mol. The first-order valence-electron chi connectivity index (χ1n) is 8.04. The highest BCUT2D eigenvalue weighted by Crippen LogP contribution is 2.14. The molecule has 1 aliphatic heterocycles. The van der Waals surface area contributed by atoms with Crippen molar-refractivity contribution in [2.24, 2.45) is 0 Å². The largest absolute Gasteiger partial charge is 0.378 e. The molecule has 0 atom stereocenters. The highest BCUT2D eigenvalue weighted by Gasteiger charge is 2.18. The third-order valence-electron chi connectivity index (χ3n) is 3.90. The van der Waals surface area contributed by atoms with Gasteiger partial charge in [-0.05, 0) is 24.3 Å². The first-order valence-corrected chi connectivity index (χ1v) is 8.04. The minimum absolute atomic E-state index is 0.0475. The number of aromatic nitrogens is 2. The number of alkyl halides is 1. The molecule has 0 unspecified atom stereocenters. The molecule has 1 N–H and O–H groups in total. The van der Waals surface area contributed by atoms with Gasteiger partial charge < -0.3 is 15.0 Å².